The normalized spacial score (nSPS) is 21.4. The molecule has 2 aliphatic rings. The number of carbonyl (C=O) groups is 1. The van der Waals surface area contributed by atoms with Crippen LogP contribution < -0.4 is 5.32 Å². The Morgan fingerprint density at radius 1 is 1.14 bits per heavy atom. The molecule has 2 heterocycles. The molecule has 4 nitrogen and oxygen atoms in total. The number of nitrogens with zero attached hydrogens (tertiary/aromatic N) is 2. The number of halogens is 2. The zero-order valence-electron chi connectivity index (χ0n) is 14.4. The number of rotatable bonds is 4. The molecule has 1 unspecified atom stereocenters. The van der Waals surface area contributed by atoms with Crippen LogP contribution in [0.4, 0.5) is 0 Å². The van der Waals surface area contributed by atoms with E-state index >= 15 is 0 Å². The van der Waals surface area contributed by atoms with Crippen molar-refractivity contribution in [2.24, 2.45) is 17.3 Å². The average Bonchev–Trinajstić information content (AvgIpc) is 2.33. The Hall–Kier alpha value is -0.0300. The zero-order valence-corrected chi connectivity index (χ0v) is 16.1. The molecule has 0 aromatic heterocycles. The summed E-state index contributed by atoms with van der Waals surface area (Å²) in [5, 5.41) is 3.26. The third kappa shape index (κ3) is 6.23. The standard InChI is InChI=1S/C16H31N3O.2ClH/c1-13(14-11-17-12-14)15(20)19-9-7-18(8-10-19)6-5-16(2,3)4;;/h13-14,17H,5-12H2,1-4H3;2*1H. The van der Waals surface area contributed by atoms with Crippen LogP contribution in [0.15, 0.2) is 0 Å². The van der Waals surface area contributed by atoms with Gasteiger partial charge in [-0.2, -0.15) is 0 Å². The van der Waals surface area contributed by atoms with Crippen LogP contribution in [-0.2, 0) is 4.79 Å². The lowest BCUT2D eigenvalue weighted by atomic mass is 9.88. The summed E-state index contributed by atoms with van der Waals surface area (Å²) in [6.45, 7) is 16.1. The number of hydrogen-bond acceptors (Lipinski definition) is 3. The Morgan fingerprint density at radius 2 is 1.68 bits per heavy atom. The largest absolute Gasteiger partial charge is 0.340 e. The Balaban J connectivity index is 0.00000220. The van der Waals surface area contributed by atoms with Gasteiger partial charge in [-0.15, -0.1) is 24.8 Å². The second-order valence-corrected chi connectivity index (χ2v) is 7.68. The van der Waals surface area contributed by atoms with Crippen molar-refractivity contribution < 1.29 is 4.79 Å². The van der Waals surface area contributed by atoms with Crippen LogP contribution in [0.3, 0.4) is 0 Å². The highest BCUT2D eigenvalue weighted by Gasteiger charge is 2.32. The van der Waals surface area contributed by atoms with Crippen molar-refractivity contribution in [3.05, 3.63) is 0 Å². The van der Waals surface area contributed by atoms with Crippen LogP contribution >= 0.6 is 24.8 Å². The van der Waals surface area contributed by atoms with Crippen LogP contribution in [-0.4, -0.2) is 61.5 Å². The molecule has 6 heteroatoms. The van der Waals surface area contributed by atoms with Gasteiger partial charge < -0.3 is 10.2 Å². The van der Waals surface area contributed by atoms with Crippen LogP contribution in [0.2, 0.25) is 0 Å². The minimum absolute atomic E-state index is 0. The Morgan fingerprint density at radius 3 is 2.09 bits per heavy atom. The van der Waals surface area contributed by atoms with Crippen LogP contribution in [0.1, 0.15) is 34.1 Å². The molecule has 2 saturated heterocycles. The lowest BCUT2D eigenvalue weighted by Crippen LogP contribution is -2.54. The topological polar surface area (TPSA) is 35.6 Å². The highest BCUT2D eigenvalue weighted by atomic mass is 35.5. The predicted octanol–water partition coefficient (Wildman–Crippen LogP) is 2.27. The molecule has 1 atom stereocenters. The maximum Gasteiger partial charge on any atom is 0.225 e. The van der Waals surface area contributed by atoms with E-state index in [-0.39, 0.29) is 30.7 Å². The fraction of sp³-hybridized carbons (Fsp3) is 0.938. The molecular weight excluding hydrogens is 321 g/mol. The van der Waals surface area contributed by atoms with E-state index in [9.17, 15) is 4.79 Å². The van der Waals surface area contributed by atoms with Gasteiger partial charge in [0, 0.05) is 32.1 Å². The van der Waals surface area contributed by atoms with Gasteiger partial charge in [0.25, 0.3) is 0 Å². The maximum atomic E-state index is 12.4. The maximum absolute atomic E-state index is 12.4. The van der Waals surface area contributed by atoms with E-state index in [0.29, 0.717) is 17.2 Å². The molecule has 0 aromatic rings. The predicted molar refractivity (Wildman–Crippen MR) is 97.1 cm³/mol. The Labute approximate surface area is 148 Å². The first kappa shape index (κ1) is 22.0. The molecule has 0 aliphatic carbocycles. The summed E-state index contributed by atoms with van der Waals surface area (Å²) >= 11 is 0. The quantitative estimate of drug-likeness (QED) is 0.841. The van der Waals surface area contributed by atoms with Crippen molar-refractivity contribution in [2.75, 3.05) is 45.8 Å². The van der Waals surface area contributed by atoms with Crippen LogP contribution in [0.5, 0.6) is 0 Å². The molecule has 1 amide bonds. The summed E-state index contributed by atoms with van der Waals surface area (Å²) in [7, 11) is 0. The second-order valence-electron chi connectivity index (χ2n) is 7.68. The van der Waals surface area contributed by atoms with Crippen molar-refractivity contribution in [3.63, 3.8) is 0 Å². The number of nitrogens with one attached hydrogen (secondary N) is 1. The van der Waals surface area contributed by atoms with Gasteiger partial charge in [0.15, 0.2) is 0 Å². The van der Waals surface area contributed by atoms with Crippen molar-refractivity contribution in [1.29, 1.82) is 0 Å². The van der Waals surface area contributed by atoms with E-state index in [1.807, 2.05) is 0 Å². The van der Waals surface area contributed by atoms with Crippen molar-refractivity contribution in [1.82, 2.24) is 15.1 Å². The van der Waals surface area contributed by atoms with Crippen molar-refractivity contribution in [2.45, 2.75) is 34.1 Å². The fourth-order valence-corrected chi connectivity index (χ4v) is 2.84. The van der Waals surface area contributed by atoms with E-state index in [1.165, 1.54) is 6.42 Å². The lowest BCUT2D eigenvalue weighted by molar-refractivity contribution is -0.139. The number of hydrogen-bond donors (Lipinski definition) is 1. The van der Waals surface area contributed by atoms with Gasteiger partial charge in [0.05, 0.1) is 0 Å². The minimum Gasteiger partial charge on any atom is -0.340 e. The third-order valence-electron chi connectivity index (χ3n) is 4.77. The molecule has 0 aromatic carbocycles. The van der Waals surface area contributed by atoms with E-state index in [1.54, 1.807) is 0 Å². The first-order valence-electron chi connectivity index (χ1n) is 8.09. The number of piperazine rings is 1. The van der Waals surface area contributed by atoms with Gasteiger partial charge >= 0.3 is 0 Å². The molecule has 0 saturated carbocycles. The van der Waals surface area contributed by atoms with E-state index < -0.39 is 0 Å². The Kier molecular flexibility index (Phi) is 9.30. The molecule has 0 spiro atoms. The van der Waals surface area contributed by atoms with Gasteiger partial charge in [0.2, 0.25) is 5.91 Å². The van der Waals surface area contributed by atoms with Crippen molar-refractivity contribution >= 4 is 30.7 Å². The van der Waals surface area contributed by atoms with Crippen LogP contribution in [0.25, 0.3) is 0 Å². The van der Waals surface area contributed by atoms with Gasteiger partial charge in [-0.05, 0) is 37.4 Å². The fourth-order valence-electron chi connectivity index (χ4n) is 2.84. The minimum atomic E-state index is 0. The molecule has 2 fully saturated rings. The molecule has 2 rings (SSSR count). The summed E-state index contributed by atoms with van der Waals surface area (Å²) < 4.78 is 0. The Bertz CT molecular complexity index is 335. The van der Waals surface area contributed by atoms with Gasteiger partial charge in [-0.3, -0.25) is 9.69 Å². The van der Waals surface area contributed by atoms with E-state index in [4.69, 9.17) is 0 Å². The number of carbonyl (C=O) groups excluding carboxylic acids is 1. The summed E-state index contributed by atoms with van der Waals surface area (Å²) in [6.07, 6.45) is 1.23. The SMILES string of the molecule is CC(C(=O)N1CCN(CCC(C)(C)C)CC1)C1CNC1.Cl.Cl. The van der Waals surface area contributed by atoms with Gasteiger partial charge in [-0.25, -0.2) is 0 Å². The first-order valence-corrected chi connectivity index (χ1v) is 8.09. The molecule has 0 radical (unpaired) electrons. The van der Waals surface area contributed by atoms with E-state index in [0.717, 1.165) is 45.8 Å². The van der Waals surface area contributed by atoms with E-state index in [2.05, 4.69) is 42.8 Å². The summed E-state index contributed by atoms with van der Waals surface area (Å²) in [6, 6.07) is 0. The van der Waals surface area contributed by atoms with Crippen LogP contribution in [0, 0.1) is 17.3 Å². The third-order valence-corrected chi connectivity index (χ3v) is 4.77. The molecule has 22 heavy (non-hydrogen) atoms. The average molecular weight is 354 g/mol. The second kappa shape index (κ2) is 9.31. The molecular formula is C16H33Cl2N3O. The van der Waals surface area contributed by atoms with Crippen molar-refractivity contribution in [3.8, 4) is 0 Å². The summed E-state index contributed by atoms with van der Waals surface area (Å²) in [5.74, 6) is 1.12. The first-order chi connectivity index (χ1) is 9.37. The monoisotopic (exact) mass is 353 g/mol. The van der Waals surface area contributed by atoms with Gasteiger partial charge in [-0.1, -0.05) is 27.7 Å². The molecule has 1 N–H and O–H groups in total. The van der Waals surface area contributed by atoms with Gasteiger partial charge in [0.1, 0.15) is 0 Å². The summed E-state index contributed by atoms with van der Waals surface area (Å²) in [5.41, 5.74) is 0.401. The highest BCUT2D eigenvalue weighted by Crippen LogP contribution is 2.21. The smallest absolute Gasteiger partial charge is 0.225 e. The lowest BCUT2D eigenvalue weighted by Gasteiger charge is -2.39. The summed E-state index contributed by atoms with van der Waals surface area (Å²) in [4.78, 5) is 17.0. The molecule has 0 bridgehead atoms. The zero-order chi connectivity index (χ0) is 14.8. The number of amides is 1. The molecule has 2 aliphatic heterocycles. The highest BCUT2D eigenvalue weighted by molar-refractivity contribution is 5.85. The molecule has 132 valence electrons.